The number of aliphatic hydroxyl groups is 3. The molecule has 37 heavy (non-hydrogen) atoms. The maximum absolute atomic E-state index is 13.6. The smallest absolute Gasteiger partial charge is 0.491 e. The van der Waals surface area contributed by atoms with Gasteiger partial charge < -0.3 is 39.0 Å². The minimum Gasteiger partial charge on any atom is -0.491 e. The maximum atomic E-state index is 13.6. The molecule has 0 saturated carbocycles. The number of para-hydroxylation sites is 1. The predicted molar refractivity (Wildman–Crippen MR) is 111 cm³/mol. The van der Waals surface area contributed by atoms with E-state index in [-0.39, 0.29) is 33.0 Å². The third kappa shape index (κ3) is 17.4. The fourth-order valence-electron chi connectivity index (χ4n) is 2.36. The van der Waals surface area contributed by atoms with Crippen LogP contribution in [-0.2, 0) is 28.4 Å². The molecule has 16 heteroatoms. The number of rotatable bonds is 22. The second-order valence-electron chi connectivity index (χ2n) is 7.32. The first-order chi connectivity index (χ1) is 17.3. The van der Waals surface area contributed by atoms with Crippen molar-refractivity contribution in [2.45, 2.75) is 30.7 Å². The Kier molecular flexibility index (Phi) is 15.2. The lowest BCUT2D eigenvalue weighted by Crippen LogP contribution is -2.44. The summed E-state index contributed by atoms with van der Waals surface area (Å²) in [6, 6.07) is 8.56. The Morgan fingerprint density at radius 3 is 1.73 bits per heavy atom. The molecule has 10 nitrogen and oxygen atoms in total. The summed E-state index contributed by atoms with van der Waals surface area (Å²) in [7, 11) is 0. The van der Waals surface area contributed by atoms with Gasteiger partial charge in [0.25, 0.3) is 0 Å². The lowest BCUT2D eigenvalue weighted by molar-refractivity contribution is -0.518. The fraction of sp³-hybridized carbons (Fsp3) is 0.714. The highest BCUT2D eigenvalue weighted by Crippen LogP contribution is 2.33. The van der Waals surface area contributed by atoms with Gasteiger partial charge in [-0.3, -0.25) is 0 Å². The van der Waals surface area contributed by atoms with Crippen molar-refractivity contribution < 1.29 is 74.8 Å². The summed E-state index contributed by atoms with van der Waals surface area (Å²) in [5.74, 6) is 0.511. The van der Waals surface area contributed by atoms with Gasteiger partial charge in [0.1, 0.15) is 37.8 Å². The van der Waals surface area contributed by atoms with Crippen molar-refractivity contribution in [2.24, 2.45) is 0 Å². The standard InChI is InChI=1S/C21H30F6O10/c22-19(23,14-33-9-8-32-11-17(30)13-35-18-4-2-1-3-5-18)36-21(26,27)37-20(24,25)15-34-12-16(29)10-31-7-6-28/h1-5,16-17,28-30H,6-15H2. The largest absolute Gasteiger partial charge is 0.495 e. The molecule has 1 aromatic carbocycles. The molecule has 0 aliphatic heterocycles. The average molecular weight is 556 g/mol. The summed E-state index contributed by atoms with van der Waals surface area (Å²) in [5.41, 5.74) is 0. The molecule has 3 N–H and O–H groups in total. The van der Waals surface area contributed by atoms with Gasteiger partial charge in [0.2, 0.25) is 0 Å². The topological polar surface area (TPSA) is 125 Å². The third-order valence-electron chi connectivity index (χ3n) is 3.80. The summed E-state index contributed by atoms with van der Waals surface area (Å²) in [6.45, 7) is -6.40. The molecule has 2 atom stereocenters. The normalized spacial score (nSPS) is 14.5. The van der Waals surface area contributed by atoms with Crippen LogP contribution in [0.5, 0.6) is 5.75 Å². The van der Waals surface area contributed by atoms with Gasteiger partial charge in [0.05, 0.1) is 46.2 Å². The van der Waals surface area contributed by atoms with E-state index in [4.69, 9.17) is 19.3 Å². The minimum atomic E-state index is -5.43. The van der Waals surface area contributed by atoms with Crippen LogP contribution < -0.4 is 4.74 Å². The Morgan fingerprint density at radius 2 is 1.14 bits per heavy atom. The molecule has 0 fully saturated rings. The molecule has 0 heterocycles. The molecule has 0 aliphatic carbocycles. The van der Waals surface area contributed by atoms with Crippen LogP contribution in [0.4, 0.5) is 26.3 Å². The highest BCUT2D eigenvalue weighted by atomic mass is 19.3. The van der Waals surface area contributed by atoms with Crippen LogP contribution in [-0.4, -0.2) is 112 Å². The molecule has 0 radical (unpaired) electrons. The number of halogens is 6. The number of aliphatic hydroxyl groups excluding tert-OH is 3. The summed E-state index contributed by atoms with van der Waals surface area (Å²) >= 11 is 0. The van der Waals surface area contributed by atoms with Crippen LogP contribution in [0.3, 0.4) is 0 Å². The zero-order valence-electron chi connectivity index (χ0n) is 19.6. The number of benzene rings is 1. The van der Waals surface area contributed by atoms with Crippen molar-refractivity contribution in [3.05, 3.63) is 30.3 Å². The SMILES string of the molecule is OCCOCC(O)COCC(F)(F)OC(F)(F)OC(F)(F)COCCOCC(O)COc1ccccc1. The van der Waals surface area contributed by atoms with E-state index in [9.17, 15) is 36.6 Å². The van der Waals surface area contributed by atoms with Crippen molar-refractivity contribution in [3.63, 3.8) is 0 Å². The number of alkyl halides is 6. The Balaban J connectivity index is 2.22. The lowest BCUT2D eigenvalue weighted by Gasteiger charge is -2.26. The predicted octanol–water partition coefficient (Wildman–Crippen LogP) is 1.61. The van der Waals surface area contributed by atoms with E-state index in [1.807, 2.05) is 0 Å². The second-order valence-corrected chi connectivity index (χ2v) is 7.32. The van der Waals surface area contributed by atoms with Crippen molar-refractivity contribution in [1.82, 2.24) is 0 Å². The van der Waals surface area contributed by atoms with Crippen LogP contribution in [0.2, 0.25) is 0 Å². The Hall–Kier alpha value is -1.76. The zero-order valence-corrected chi connectivity index (χ0v) is 19.6. The molecule has 0 spiro atoms. The summed E-state index contributed by atoms with van der Waals surface area (Å²) in [6.07, 6.45) is -17.4. The van der Waals surface area contributed by atoms with E-state index in [0.717, 1.165) is 0 Å². The molecule has 0 amide bonds. The van der Waals surface area contributed by atoms with Crippen LogP contribution in [0.15, 0.2) is 30.3 Å². The summed E-state index contributed by atoms with van der Waals surface area (Å²) in [5, 5.41) is 27.6. The van der Waals surface area contributed by atoms with E-state index in [1.54, 1.807) is 30.3 Å². The molecular formula is C21H30F6O10. The van der Waals surface area contributed by atoms with Gasteiger partial charge in [-0.05, 0) is 12.1 Å². The molecule has 1 aromatic rings. The van der Waals surface area contributed by atoms with Crippen molar-refractivity contribution in [1.29, 1.82) is 0 Å². The van der Waals surface area contributed by atoms with Crippen LogP contribution in [0.25, 0.3) is 0 Å². The highest BCUT2D eigenvalue weighted by Gasteiger charge is 2.52. The second kappa shape index (κ2) is 17.0. The quantitative estimate of drug-likeness (QED) is 0.110. The highest BCUT2D eigenvalue weighted by molar-refractivity contribution is 5.20. The molecule has 216 valence electrons. The fourth-order valence-corrected chi connectivity index (χ4v) is 2.36. The number of hydrogen-bond donors (Lipinski definition) is 3. The first-order valence-electron chi connectivity index (χ1n) is 10.8. The van der Waals surface area contributed by atoms with Crippen molar-refractivity contribution >= 4 is 0 Å². The van der Waals surface area contributed by atoms with E-state index in [0.29, 0.717) is 5.75 Å². The monoisotopic (exact) mass is 556 g/mol. The van der Waals surface area contributed by atoms with Gasteiger partial charge in [0.15, 0.2) is 0 Å². The van der Waals surface area contributed by atoms with Crippen LogP contribution >= 0.6 is 0 Å². The van der Waals surface area contributed by atoms with Gasteiger partial charge >= 0.3 is 18.5 Å². The lowest BCUT2D eigenvalue weighted by atomic mass is 10.3. The first kappa shape index (κ1) is 33.3. The molecule has 0 bridgehead atoms. The Labute approximate surface area is 208 Å². The molecule has 0 aromatic heterocycles. The van der Waals surface area contributed by atoms with Crippen LogP contribution in [0.1, 0.15) is 0 Å². The Morgan fingerprint density at radius 1 is 0.649 bits per heavy atom. The van der Waals surface area contributed by atoms with Gasteiger partial charge in [-0.25, -0.2) is 9.47 Å². The molecule has 2 unspecified atom stereocenters. The van der Waals surface area contributed by atoms with Gasteiger partial charge in [0, 0.05) is 0 Å². The van der Waals surface area contributed by atoms with E-state index >= 15 is 0 Å². The average Bonchev–Trinajstić information content (AvgIpc) is 2.79. The Bertz CT molecular complexity index is 716. The van der Waals surface area contributed by atoms with E-state index in [2.05, 4.69) is 18.9 Å². The number of hydrogen-bond acceptors (Lipinski definition) is 10. The minimum absolute atomic E-state index is 0.110. The first-order valence-corrected chi connectivity index (χ1v) is 10.8. The molecule has 0 saturated heterocycles. The molecular weight excluding hydrogens is 526 g/mol. The van der Waals surface area contributed by atoms with Gasteiger partial charge in [-0.2, -0.15) is 17.6 Å². The number of ether oxygens (including phenoxy) is 7. The summed E-state index contributed by atoms with van der Waals surface area (Å²) in [4.78, 5) is 0. The van der Waals surface area contributed by atoms with Gasteiger partial charge in [-0.1, -0.05) is 18.2 Å². The summed E-state index contributed by atoms with van der Waals surface area (Å²) < 4.78 is 111. The van der Waals surface area contributed by atoms with E-state index in [1.165, 1.54) is 0 Å². The van der Waals surface area contributed by atoms with E-state index < -0.39 is 63.8 Å². The molecule has 1 rings (SSSR count). The molecule has 0 aliphatic rings. The van der Waals surface area contributed by atoms with Crippen molar-refractivity contribution in [2.75, 3.05) is 66.1 Å². The van der Waals surface area contributed by atoms with Crippen molar-refractivity contribution in [3.8, 4) is 5.75 Å². The van der Waals surface area contributed by atoms with Crippen LogP contribution in [0, 0.1) is 0 Å². The zero-order chi connectivity index (χ0) is 27.8. The third-order valence-corrected chi connectivity index (χ3v) is 3.80. The maximum Gasteiger partial charge on any atom is 0.495 e. The van der Waals surface area contributed by atoms with Gasteiger partial charge in [-0.15, -0.1) is 8.78 Å².